The fourth-order valence-corrected chi connectivity index (χ4v) is 2.34. The molecule has 2 aromatic heterocycles. The Bertz CT molecular complexity index is 863. The Hall–Kier alpha value is -2.69. The van der Waals surface area contributed by atoms with E-state index in [0.717, 1.165) is 16.9 Å². The Labute approximate surface area is 114 Å². The minimum Gasteiger partial charge on any atom is -0.329 e. The minimum absolute atomic E-state index is 0.214. The van der Waals surface area contributed by atoms with Crippen LogP contribution in [-0.2, 0) is 0 Å². The molecule has 0 aliphatic carbocycles. The third kappa shape index (κ3) is 1.67. The molecule has 98 valence electrons. The van der Waals surface area contributed by atoms with E-state index in [1.54, 1.807) is 6.20 Å². The smallest absolute Gasteiger partial charge is 0.236 e. The Morgan fingerprint density at radius 3 is 2.85 bits per heavy atom. The molecule has 0 amide bonds. The number of aromatic nitrogens is 3. The standard InChI is InChI=1S/C15H11FN4/c16-11-5-8-19(9-6-11)14-7-10-20-13-4-2-1-3-12(13)17-15(20)18-14/h1-8,10H,9H2. The third-order valence-electron chi connectivity index (χ3n) is 3.36. The van der Waals surface area contributed by atoms with Gasteiger partial charge >= 0.3 is 0 Å². The van der Waals surface area contributed by atoms with Crippen LogP contribution in [0.2, 0.25) is 0 Å². The van der Waals surface area contributed by atoms with Gasteiger partial charge in [-0.1, -0.05) is 12.1 Å². The maximum Gasteiger partial charge on any atom is 0.236 e. The summed E-state index contributed by atoms with van der Waals surface area (Å²) in [4.78, 5) is 10.9. The van der Waals surface area contributed by atoms with E-state index in [2.05, 4.69) is 9.97 Å². The largest absolute Gasteiger partial charge is 0.329 e. The zero-order valence-electron chi connectivity index (χ0n) is 10.6. The zero-order valence-corrected chi connectivity index (χ0v) is 10.6. The zero-order chi connectivity index (χ0) is 13.5. The van der Waals surface area contributed by atoms with Crippen LogP contribution in [0.25, 0.3) is 16.8 Å². The van der Waals surface area contributed by atoms with Crippen LogP contribution in [0.15, 0.2) is 60.7 Å². The highest BCUT2D eigenvalue weighted by Gasteiger charge is 2.11. The lowest BCUT2D eigenvalue weighted by Gasteiger charge is -2.19. The van der Waals surface area contributed by atoms with E-state index in [1.165, 1.54) is 12.2 Å². The molecule has 5 heteroatoms. The fraction of sp³-hybridized carbons (Fsp3) is 0.0667. The predicted molar refractivity (Wildman–Crippen MR) is 76.2 cm³/mol. The number of rotatable bonds is 1. The second kappa shape index (κ2) is 4.16. The fourth-order valence-electron chi connectivity index (χ4n) is 2.34. The lowest BCUT2D eigenvalue weighted by atomic mass is 10.3. The van der Waals surface area contributed by atoms with Crippen molar-refractivity contribution in [2.75, 3.05) is 11.4 Å². The van der Waals surface area contributed by atoms with Crippen LogP contribution < -0.4 is 4.90 Å². The maximum atomic E-state index is 13.0. The van der Waals surface area contributed by atoms with Crippen molar-refractivity contribution in [2.45, 2.75) is 0 Å². The second-order valence-corrected chi connectivity index (χ2v) is 4.61. The number of para-hydroxylation sites is 2. The summed E-state index contributed by atoms with van der Waals surface area (Å²) in [5, 5.41) is 0. The average molecular weight is 266 g/mol. The first-order valence-electron chi connectivity index (χ1n) is 6.36. The van der Waals surface area contributed by atoms with E-state index < -0.39 is 0 Å². The molecular formula is C15H11FN4. The highest BCUT2D eigenvalue weighted by atomic mass is 19.1. The van der Waals surface area contributed by atoms with Crippen molar-refractivity contribution < 1.29 is 4.39 Å². The monoisotopic (exact) mass is 266 g/mol. The number of nitrogens with zero attached hydrogens (tertiary/aromatic N) is 4. The predicted octanol–water partition coefficient (Wildman–Crippen LogP) is 3.07. The molecule has 0 bridgehead atoms. The summed E-state index contributed by atoms with van der Waals surface area (Å²) in [6.45, 7) is 0.478. The van der Waals surface area contributed by atoms with Gasteiger partial charge in [-0.15, -0.1) is 0 Å². The first-order valence-corrected chi connectivity index (χ1v) is 6.36. The number of benzene rings is 1. The summed E-state index contributed by atoms with van der Waals surface area (Å²) in [6, 6.07) is 9.81. The highest BCUT2D eigenvalue weighted by molar-refractivity contribution is 5.79. The van der Waals surface area contributed by atoms with Crippen LogP contribution in [0, 0.1) is 0 Å². The molecule has 0 saturated heterocycles. The van der Waals surface area contributed by atoms with Crippen LogP contribution in [0.3, 0.4) is 0 Å². The van der Waals surface area contributed by atoms with Crippen molar-refractivity contribution in [1.29, 1.82) is 0 Å². The summed E-state index contributed by atoms with van der Waals surface area (Å²) in [5.74, 6) is 1.19. The van der Waals surface area contributed by atoms with E-state index in [1.807, 2.05) is 45.8 Å². The van der Waals surface area contributed by atoms with Crippen LogP contribution in [0.1, 0.15) is 0 Å². The summed E-state index contributed by atoms with van der Waals surface area (Å²) in [7, 11) is 0. The van der Waals surface area contributed by atoms with E-state index in [0.29, 0.717) is 12.3 Å². The van der Waals surface area contributed by atoms with Crippen LogP contribution in [0.4, 0.5) is 10.2 Å². The number of hydrogen-bond donors (Lipinski definition) is 0. The van der Waals surface area contributed by atoms with Gasteiger partial charge in [0.15, 0.2) is 0 Å². The number of allylic oxidation sites excluding steroid dienone is 2. The Morgan fingerprint density at radius 1 is 1.10 bits per heavy atom. The summed E-state index contributed by atoms with van der Waals surface area (Å²) >= 11 is 0. The number of halogens is 1. The number of hydrogen-bond acceptors (Lipinski definition) is 3. The van der Waals surface area contributed by atoms with E-state index in [4.69, 9.17) is 0 Å². The van der Waals surface area contributed by atoms with Gasteiger partial charge in [0.2, 0.25) is 5.78 Å². The molecule has 0 spiro atoms. The molecule has 4 nitrogen and oxygen atoms in total. The Kier molecular flexibility index (Phi) is 2.32. The molecule has 4 rings (SSSR count). The summed E-state index contributed by atoms with van der Waals surface area (Å²) in [5.41, 5.74) is 1.94. The quantitative estimate of drug-likeness (QED) is 0.678. The summed E-state index contributed by atoms with van der Waals surface area (Å²) < 4.78 is 14.9. The van der Waals surface area contributed by atoms with Crippen molar-refractivity contribution in [2.24, 2.45) is 0 Å². The molecule has 0 fully saturated rings. The normalized spacial score (nSPS) is 15.1. The van der Waals surface area contributed by atoms with Crippen LogP contribution in [-0.4, -0.2) is 20.9 Å². The molecule has 0 atom stereocenters. The van der Waals surface area contributed by atoms with Gasteiger partial charge in [0.1, 0.15) is 11.6 Å². The van der Waals surface area contributed by atoms with E-state index >= 15 is 0 Å². The molecule has 0 radical (unpaired) electrons. The van der Waals surface area contributed by atoms with Gasteiger partial charge in [-0.3, -0.25) is 4.40 Å². The SMILES string of the molecule is FC1=CCN(c2ccn3c(n2)nc2ccccc23)C=C1. The van der Waals surface area contributed by atoms with Gasteiger partial charge in [0, 0.05) is 18.9 Å². The van der Waals surface area contributed by atoms with Crippen LogP contribution in [0.5, 0.6) is 0 Å². The molecule has 0 unspecified atom stereocenters. The number of imidazole rings is 1. The van der Waals surface area contributed by atoms with Crippen molar-refractivity contribution in [1.82, 2.24) is 14.4 Å². The molecule has 1 aliphatic rings. The minimum atomic E-state index is -0.214. The van der Waals surface area contributed by atoms with Crippen molar-refractivity contribution in [3.8, 4) is 0 Å². The molecule has 0 saturated carbocycles. The molecule has 20 heavy (non-hydrogen) atoms. The van der Waals surface area contributed by atoms with Gasteiger partial charge < -0.3 is 4.90 Å². The van der Waals surface area contributed by atoms with Gasteiger partial charge in [0.05, 0.1) is 11.0 Å². The summed E-state index contributed by atoms with van der Waals surface area (Å²) in [6.07, 6.45) is 6.58. The lowest BCUT2D eigenvalue weighted by Crippen LogP contribution is -2.19. The Morgan fingerprint density at radius 2 is 2.00 bits per heavy atom. The Balaban J connectivity index is 1.83. The number of anilines is 1. The van der Waals surface area contributed by atoms with Crippen molar-refractivity contribution in [3.05, 3.63) is 60.7 Å². The van der Waals surface area contributed by atoms with Gasteiger partial charge in [-0.2, -0.15) is 4.98 Å². The molecule has 3 heterocycles. The molecule has 0 N–H and O–H groups in total. The second-order valence-electron chi connectivity index (χ2n) is 4.61. The molecule has 3 aromatic rings. The highest BCUT2D eigenvalue weighted by Crippen LogP contribution is 2.20. The number of fused-ring (bicyclic) bond motifs is 3. The molecule has 1 aliphatic heterocycles. The van der Waals surface area contributed by atoms with Gasteiger partial charge in [-0.25, -0.2) is 9.37 Å². The first kappa shape index (κ1) is 11.2. The van der Waals surface area contributed by atoms with E-state index in [9.17, 15) is 4.39 Å². The van der Waals surface area contributed by atoms with Gasteiger partial charge in [0.25, 0.3) is 0 Å². The molecular weight excluding hydrogens is 255 g/mol. The first-order chi connectivity index (χ1) is 9.81. The van der Waals surface area contributed by atoms with E-state index in [-0.39, 0.29) is 5.83 Å². The van der Waals surface area contributed by atoms with Crippen molar-refractivity contribution in [3.63, 3.8) is 0 Å². The van der Waals surface area contributed by atoms with Crippen molar-refractivity contribution >= 4 is 22.6 Å². The molecule has 1 aromatic carbocycles. The van der Waals surface area contributed by atoms with Crippen LogP contribution >= 0.6 is 0 Å². The third-order valence-corrected chi connectivity index (χ3v) is 3.36. The average Bonchev–Trinajstić information content (AvgIpc) is 2.85. The lowest BCUT2D eigenvalue weighted by molar-refractivity contribution is 0.656. The van der Waals surface area contributed by atoms with Gasteiger partial charge in [-0.05, 0) is 30.4 Å². The maximum absolute atomic E-state index is 13.0. The topological polar surface area (TPSA) is 33.4 Å².